The van der Waals surface area contributed by atoms with E-state index in [2.05, 4.69) is 11.0 Å². The molecule has 2 rings (SSSR count). The van der Waals surface area contributed by atoms with E-state index in [-0.39, 0.29) is 17.7 Å². The number of benzene rings is 1. The highest BCUT2D eigenvalue weighted by atomic mass is 16.5. The predicted octanol–water partition coefficient (Wildman–Crippen LogP) is 2.79. The lowest BCUT2D eigenvalue weighted by Crippen LogP contribution is -2.54. The Morgan fingerprint density at radius 3 is 2.58 bits per heavy atom. The van der Waals surface area contributed by atoms with Gasteiger partial charge in [0.15, 0.2) is 5.78 Å². The zero-order valence-electron chi connectivity index (χ0n) is 14.5. The Morgan fingerprint density at radius 2 is 2.00 bits per heavy atom. The van der Waals surface area contributed by atoms with Crippen LogP contribution in [-0.2, 0) is 9.53 Å². The predicted molar refractivity (Wildman–Crippen MR) is 90.5 cm³/mol. The molecule has 1 aromatic rings. The van der Waals surface area contributed by atoms with Gasteiger partial charge in [-0.15, -0.1) is 0 Å². The number of nitrogens with zero attached hydrogens (tertiary/aromatic N) is 2. The van der Waals surface area contributed by atoms with E-state index in [1.54, 1.807) is 31.2 Å². The van der Waals surface area contributed by atoms with Gasteiger partial charge >= 0.3 is 5.97 Å². The number of ether oxygens (including phenoxy) is 1. The lowest BCUT2D eigenvalue weighted by Gasteiger charge is -2.42. The van der Waals surface area contributed by atoms with Crippen molar-refractivity contribution < 1.29 is 14.3 Å². The maximum Gasteiger partial charge on any atom is 0.310 e. The third-order valence-corrected chi connectivity index (χ3v) is 4.66. The summed E-state index contributed by atoms with van der Waals surface area (Å²) in [6, 6.07) is 8.74. The zero-order chi connectivity index (χ0) is 17.7. The van der Waals surface area contributed by atoms with Crippen molar-refractivity contribution in [2.24, 2.45) is 5.92 Å². The van der Waals surface area contributed by atoms with E-state index >= 15 is 0 Å². The second-order valence-corrected chi connectivity index (χ2v) is 6.61. The van der Waals surface area contributed by atoms with E-state index in [4.69, 9.17) is 10.00 Å². The molecule has 1 heterocycles. The highest BCUT2D eigenvalue weighted by molar-refractivity contribution is 6.02. The highest BCUT2D eigenvalue weighted by Gasteiger charge is 2.39. The molecular formula is C19H24N2O3. The fourth-order valence-corrected chi connectivity index (χ4v) is 3.13. The number of ketones is 1. The van der Waals surface area contributed by atoms with Crippen LogP contribution < -0.4 is 0 Å². The Labute approximate surface area is 143 Å². The Bertz CT molecular complexity index is 644. The number of carbonyl (C=O) groups excluding carboxylic acids is 2. The molecule has 0 bridgehead atoms. The van der Waals surface area contributed by atoms with Crippen LogP contribution in [0.5, 0.6) is 0 Å². The van der Waals surface area contributed by atoms with Gasteiger partial charge in [-0.25, -0.2) is 0 Å². The van der Waals surface area contributed by atoms with Crippen LogP contribution in [0.1, 0.15) is 49.5 Å². The SMILES string of the molecule is CCOC(=O)[C@H]1CCCN(C(C)(C)C(=O)c2ccc(C#N)cc2)C1. The molecule has 1 aliphatic rings. The second kappa shape index (κ2) is 7.59. The van der Waals surface area contributed by atoms with Crippen molar-refractivity contribution in [3.05, 3.63) is 35.4 Å². The lowest BCUT2D eigenvalue weighted by atomic mass is 9.87. The van der Waals surface area contributed by atoms with E-state index in [0.29, 0.717) is 24.3 Å². The van der Waals surface area contributed by atoms with E-state index in [1.165, 1.54) is 0 Å². The molecular weight excluding hydrogens is 304 g/mol. The number of Topliss-reactive ketones (excluding diaryl/α,β-unsaturated/α-hetero) is 1. The summed E-state index contributed by atoms with van der Waals surface area (Å²) < 4.78 is 5.13. The van der Waals surface area contributed by atoms with Gasteiger partial charge in [0.2, 0.25) is 0 Å². The Kier molecular flexibility index (Phi) is 5.74. The van der Waals surface area contributed by atoms with E-state index in [0.717, 1.165) is 19.4 Å². The van der Waals surface area contributed by atoms with Gasteiger partial charge in [0, 0.05) is 12.1 Å². The first-order valence-electron chi connectivity index (χ1n) is 8.36. The smallest absolute Gasteiger partial charge is 0.310 e. The highest BCUT2D eigenvalue weighted by Crippen LogP contribution is 2.28. The van der Waals surface area contributed by atoms with Crippen molar-refractivity contribution in [1.29, 1.82) is 5.26 Å². The molecule has 0 aliphatic carbocycles. The van der Waals surface area contributed by atoms with Crippen LogP contribution in [0.15, 0.2) is 24.3 Å². The van der Waals surface area contributed by atoms with Crippen LogP contribution in [-0.4, -0.2) is 41.9 Å². The summed E-state index contributed by atoms with van der Waals surface area (Å²) in [5, 5.41) is 8.87. The van der Waals surface area contributed by atoms with Crippen molar-refractivity contribution in [3.63, 3.8) is 0 Å². The molecule has 128 valence electrons. The summed E-state index contributed by atoms with van der Waals surface area (Å²) in [4.78, 5) is 27.0. The van der Waals surface area contributed by atoms with E-state index < -0.39 is 5.54 Å². The third-order valence-electron chi connectivity index (χ3n) is 4.66. The maximum atomic E-state index is 12.9. The Balaban J connectivity index is 2.14. The van der Waals surface area contributed by atoms with Crippen LogP contribution in [0.4, 0.5) is 0 Å². The summed E-state index contributed by atoms with van der Waals surface area (Å²) in [7, 11) is 0. The van der Waals surface area contributed by atoms with Crippen molar-refractivity contribution in [3.8, 4) is 6.07 Å². The van der Waals surface area contributed by atoms with E-state index in [1.807, 2.05) is 13.8 Å². The first-order valence-corrected chi connectivity index (χ1v) is 8.36. The first-order chi connectivity index (χ1) is 11.4. The standard InChI is InChI=1S/C19H24N2O3/c1-4-24-18(23)16-6-5-11-21(13-16)19(2,3)17(22)15-9-7-14(12-20)8-10-15/h7-10,16H,4-6,11,13H2,1-3H3/t16-/m0/s1. The maximum absolute atomic E-state index is 12.9. The zero-order valence-corrected chi connectivity index (χ0v) is 14.5. The van der Waals surface area contributed by atoms with Crippen LogP contribution in [0.2, 0.25) is 0 Å². The number of likely N-dealkylation sites (tertiary alicyclic amines) is 1. The van der Waals surface area contributed by atoms with Gasteiger partial charge in [0.1, 0.15) is 0 Å². The number of piperidine rings is 1. The van der Waals surface area contributed by atoms with Gasteiger partial charge in [-0.2, -0.15) is 5.26 Å². The van der Waals surface area contributed by atoms with Gasteiger partial charge in [-0.3, -0.25) is 14.5 Å². The number of nitriles is 1. The summed E-state index contributed by atoms with van der Waals surface area (Å²) in [6.45, 7) is 7.28. The summed E-state index contributed by atoms with van der Waals surface area (Å²) in [5.41, 5.74) is 0.404. The van der Waals surface area contributed by atoms with Gasteiger partial charge in [-0.1, -0.05) is 12.1 Å². The number of carbonyl (C=O) groups is 2. The first kappa shape index (κ1) is 18.2. The molecule has 0 saturated carbocycles. The van der Waals surface area contributed by atoms with Crippen molar-refractivity contribution in [2.75, 3.05) is 19.7 Å². The summed E-state index contributed by atoms with van der Waals surface area (Å²) in [5.74, 6) is -0.355. The quantitative estimate of drug-likeness (QED) is 0.614. The third kappa shape index (κ3) is 3.82. The minimum Gasteiger partial charge on any atom is -0.466 e. The molecule has 1 atom stereocenters. The van der Waals surface area contributed by atoms with Gasteiger partial charge < -0.3 is 4.74 Å². The molecule has 1 fully saturated rings. The minimum absolute atomic E-state index is 0.00324. The lowest BCUT2D eigenvalue weighted by molar-refractivity contribution is -0.150. The molecule has 1 aromatic carbocycles. The molecule has 5 nitrogen and oxygen atoms in total. The number of esters is 1. The number of hydrogen-bond acceptors (Lipinski definition) is 5. The molecule has 0 aromatic heterocycles. The van der Waals surface area contributed by atoms with Crippen LogP contribution >= 0.6 is 0 Å². The van der Waals surface area contributed by atoms with Gasteiger partial charge in [0.05, 0.1) is 29.7 Å². The summed E-state index contributed by atoms with van der Waals surface area (Å²) >= 11 is 0. The molecule has 0 radical (unpaired) electrons. The molecule has 0 N–H and O–H groups in total. The fourth-order valence-electron chi connectivity index (χ4n) is 3.13. The molecule has 1 aliphatic heterocycles. The molecule has 24 heavy (non-hydrogen) atoms. The van der Waals surface area contributed by atoms with Crippen molar-refractivity contribution >= 4 is 11.8 Å². The van der Waals surface area contributed by atoms with Crippen LogP contribution in [0.25, 0.3) is 0 Å². The average Bonchev–Trinajstić information content (AvgIpc) is 2.61. The summed E-state index contributed by atoms with van der Waals surface area (Å²) in [6.07, 6.45) is 1.67. The Morgan fingerprint density at radius 1 is 1.33 bits per heavy atom. The monoisotopic (exact) mass is 328 g/mol. The average molecular weight is 328 g/mol. The van der Waals surface area contributed by atoms with Gasteiger partial charge in [-0.05, 0) is 52.3 Å². The number of rotatable bonds is 5. The Hall–Kier alpha value is -2.19. The van der Waals surface area contributed by atoms with Crippen LogP contribution in [0.3, 0.4) is 0 Å². The topological polar surface area (TPSA) is 70.4 Å². The van der Waals surface area contributed by atoms with Crippen molar-refractivity contribution in [2.45, 2.75) is 39.2 Å². The number of hydrogen-bond donors (Lipinski definition) is 0. The molecule has 1 saturated heterocycles. The van der Waals surface area contributed by atoms with Crippen molar-refractivity contribution in [1.82, 2.24) is 4.90 Å². The molecule has 0 unspecified atom stereocenters. The normalized spacial score (nSPS) is 18.7. The van der Waals surface area contributed by atoms with Gasteiger partial charge in [0.25, 0.3) is 0 Å². The second-order valence-electron chi connectivity index (χ2n) is 6.61. The fraction of sp³-hybridized carbons (Fsp3) is 0.526. The minimum atomic E-state index is -0.709. The van der Waals surface area contributed by atoms with E-state index in [9.17, 15) is 9.59 Å². The van der Waals surface area contributed by atoms with Crippen LogP contribution in [0, 0.1) is 17.2 Å². The molecule has 5 heteroatoms. The molecule has 0 amide bonds. The molecule has 0 spiro atoms. The largest absolute Gasteiger partial charge is 0.466 e.